The molecule has 0 amide bonds. The second-order valence-corrected chi connectivity index (χ2v) is 3.95. The highest BCUT2D eigenvalue weighted by molar-refractivity contribution is 7.08. The molecule has 0 aliphatic rings. The molecule has 1 heterocycles. The Morgan fingerprint density at radius 3 is 2.69 bits per heavy atom. The molecule has 0 fully saturated rings. The minimum atomic E-state index is -0.915. The molecule has 0 aliphatic carbocycles. The number of hydrogen-bond donors (Lipinski definition) is 1. The molecule has 0 aliphatic heterocycles. The highest BCUT2D eigenvalue weighted by Gasteiger charge is 2.15. The van der Waals surface area contributed by atoms with Gasteiger partial charge in [-0.25, -0.2) is 4.79 Å². The van der Waals surface area contributed by atoms with Crippen LogP contribution in [0.1, 0.15) is 10.4 Å². The van der Waals surface area contributed by atoms with Gasteiger partial charge in [-0.3, -0.25) is 0 Å². The van der Waals surface area contributed by atoms with Crippen LogP contribution in [0.2, 0.25) is 0 Å². The van der Waals surface area contributed by atoms with Gasteiger partial charge < -0.3 is 9.84 Å². The zero-order valence-corrected chi connectivity index (χ0v) is 9.45. The van der Waals surface area contributed by atoms with Gasteiger partial charge in [-0.1, -0.05) is 18.2 Å². The van der Waals surface area contributed by atoms with E-state index in [0.29, 0.717) is 16.9 Å². The molecule has 0 bridgehead atoms. The van der Waals surface area contributed by atoms with Gasteiger partial charge in [0.05, 0.1) is 12.7 Å². The molecular formula is C12H10O3S. The summed E-state index contributed by atoms with van der Waals surface area (Å²) in [5.74, 6) is -0.231. The molecule has 0 saturated heterocycles. The normalized spacial score (nSPS) is 10.1. The van der Waals surface area contributed by atoms with Gasteiger partial charge in [0.1, 0.15) is 5.75 Å². The van der Waals surface area contributed by atoms with Crippen molar-refractivity contribution in [3.63, 3.8) is 0 Å². The number of aromatic carboxylic acids is 1. The maximum Gasteiger partial charge on any atom is 0.337 e. The van der Waals surface area contributed by atoms with Crippen LogP contribution in [-0.2, 0) is 0 Å². The molecular weight excluding hydrogens is 224 g/mol. The van der Waals surface area contributed by atoms with Crippen LogP contribution in [0.25, 0.3) is 11.1 Å². The van der Waals surface area contributed by atoms with Crippen LogP contribution in [0, 0.1) is 0 Å². The lowest BCUT2D eigenvalue weighted by molar-refractivity contribution is 0.0698. The topological polar surface area (TPSA) is 46.5 Å². The quantitative estimate of drug-likeness (QED) is 0.887. The van der Waals surface area contributed by atoms with Gasteiger partial charge >= 0.3 is 5.97 Å². The molecule has 2 rings (SSSR count). The van der Waals surface area contributed by atoms with Crippen LogP contribution < -0.4 is 4.74 Å². The van der Waals surface area contributed by atoms with Gasteiger partial charge in [0.25, 0.3) is 0 Å². The monoisotopic (exact) mass is 234 g/mol. The van der Waals surface area contributed by atoms with E-state index in [9.17, 15) is 4.79 Å². The lowest BCUT2D eigenvalue weighted by atomic mass is 10.0. The molecule has 16 heavy (non-hydrogen) atoms. The third-order valence-electron chi connectivity index (χ3n) is 2.29. The first-order chi connectivity index (χ1) is 7.74. The Morgan fingerprint density at radius 1 is 1.25 bits per heavy atom. The van der Waals surface area contributed by atoms with Gasteiger partial charge in [0, 0.05) is 16.5 Å². The summed E-state index contributed by atoms with van der Waals surface area (Å²) in [5, 5.41) is 12.5. The lowest BCUT2D eigenvalue weighted by Crippen LogP contribution is -1.96. The number of methoxy groups -OCH3 is 1. The highest BCUT2D eigenvalue weighted by Crippen LogP contribution is 2.34. The fraction of sp³-hybridized carbons (Fsp3) is 0.0833. The van der Waals surface area contributed by atoms with E-state index < -0.39 is 5.97 Å². The van der Waals surface area contributed by atoms with Crippen molar-refractivity contribution in [2.45, 2.75) is 0 Å². The number of hydrogen-bond acceptors (Lipinski definition) is 3. The van der Waals surface area contributed by atoms with E-state index in [0.717, 1.165) is 5.56 Å². The van der Waals surface area contributed by atoms with Gasteiger partial charge in [0.15, 0.2) is 0 Å². The number of para-hydroxylation sites is 1. The molecule has 0 unspecified atom stereocenters. The average molecular weight is 234 g/mol. The van der Waals surface area contributed by atoms with E-state index in [-0.39, 0.29) is 0 Å². The average Bonchev–Trinajstić information content (AvgIpc) is 2.77. The number of benzene rings is 1. The first-order valence-electron chi connectivity index (χ1n) is 4.67. The van der Waals surface area contributed by atoms with Crippen molar-refractivity contribution in [1.29, 1.82) is 0 Å². The SMILES string of the molecule is COc1ccccc1-c1cscc1C(=O)O. The number of ether oxygens (including phenoxy) is 1. The van der Waals surface area contributed by atoms with Gasteiger partial charge in [-0.2, -0.15) is 11.3 Å². The summed E-state index contributed by atoms with van der Waals surface area (Å²) < 4.78 is 5.22. The van der Waals surface area contributed by atoms with Crippen molar-refractivity contribution in [3.05, 3.63) is 40.6 Å². The van der Waals surface area contributed by atoms with Gasteiger partial charge in [0.2, 0.25) is 0 Å². The third-order valence-corrected chi connectivity index (χ3v) is 3.03. The Kier molecular flexibility index (Phi) is 2.92. The van der Waals surface area contributed by atoms with Crippen LogP contribution in [0.3, 0.4) is 0 Å². The fourth-order valence-electron chi connectivity index (χ4n) is 1.54. The summed E-state index contributed by atoms with van der Waals surface area (Å²) in [5.41, 5.74) is 1.83. The zero-order valence-electron chi connectivity index (χ0n) is 8.64. The lowest BCUT2D eigenvalue weighted by Gasteiger charge is -2.07. The summed E-state index contributed by atoms with van der Waals surface area (Å²) in [7, 11) is 1.58. The smallest absolute Gasteiger partial charge is 0.337 e. The van der Waals surface area contributed by atoms with Crippen molar-refractivity contribution < 1.29 is 14.6 Å². The molecule has 0 radical (unpaired) electrons. The third kappa shape index (κ3) is 1.79. The molecule has 0 atom stereocenters. The Bertz CT molecular complexity index is 516. The summed E-state index contributed by atoms with van der Waals surface area (Å²) in [6.07, 6.45) is 0. The van der Waals surface area contributed by atoms with Crippen molar-refractivity contribution in [3.8, 4) is 16.9 Å². The van der Waals surface area contributed by atoms with Crippen LogP contribution in [-0.4, -0.2) is 18.2 Å². The number of carboxylic acids is 1. The van der Waals surface area contributed by atoms with Crippen LogP contribution in [0.15, 0.2) is 35.0 Å². The predicted molar refractivity (Wildman–Crippen MR) is 63.3 cm³/mol. The Balaban J connectivity index is 2.58. The van der Waals surface area contributed by atoms with Crippen LogP contribution in [0.5, 0.6) is 5.75 Å². The van der Waals surface area contributed by atoms with Crippen molar-refractivity contribution >= 4 is 17.3 Å². The summed E-state index contributed by atoms with van der Waals surface area (Å²) in [4.78, 5) is 11.0. The maximum absolute atomic E-state index is 11.0. The van der Waals surface area contributed by atoms with Crippen LogP contribution in [0.4, 0.5) is 0 Å². The van der Waals surface area contributed by atoms with E-state index in [1.165, 1.54) is 11.3 Å². The Hall–Kier alpha value is -1.81. The second-order valence-electron chi connectivity index (χ2n) is 3.20. The molecule has 3 nitrogen and oxygen atoms in total. The Morgan fingerprint density at radius 2 is 2.00 bits per heavy atom. The largest absolute Gasteiger partial charge is 0.496 e. The van der Waals surface area contributed by atoms with E-state index in [1.807, 2.05) is 29.6 Å². The molecule has 2 aromatic rings. The minimum Gasteiger partial charge on any atom is -0.496 e. The first kappa shape index (κ1) is 10.7. The van der Waals surface area contributed by atoms with Crippen molar-refractivity contribution in [2.75, 3.05) is 7.11 Å². The zero-order chi connectivity index (χ0) is 11.5. The Labute approximate surface area is 96.9 Å². The maximum atomic E-state index is 11.0. The fourth-order valence-corrected chi connectivity index (χ4v) is 2.36. The number of carbonyl (C=O) groups is 1. The molecule has 0 spiro atoms. The van der Waals surface area contributed by atoms with E-state index in [4.69, 9.17) is 9.84 Å². The molecule has 1 aromatic carbocycles. The molecule has 4 heteroatoms. The van der Waals surface area contributed by atoms with Crippen LogP contribution >= 0.6 is 11.3 Å². The summed E-state index contributed by atoms with van der Waals surface area (Å²) in [6, 6.07) is 7.39. The number of rotatable bonds is 3. The molecule has 82 valence electrons. The van der Waals surface area contributed by atoms with Crippen molar-refractivity contribution in [1.82, 2.24) is 0 Å². The van der Waals surface area contributed by atoms with E-state index >= 15 is 0 Å². The second kappa shape index (κ2) is 4.37. The number of carboxylic acid groups (broad SMARTS) is 1. The molecule has 0 saturated carbocycles. The highest BCUT2D eigenvalue weighted by atomic mass is 32.1. The number of thiophene rings is 1. The minimum absolute atomic E-state index is 0.314. The predicted octanol–water partition coefficient (Wildman–Crippen LogP) is 3.12. The molecule has 1 aromatic heterocycles. The van der Waals surface area contributed by atoms with E-state index in [2.05, 4.69) is 0 Å². The van der Waals surface area contributed by atoms with Crippen molar-refractivity contribution in [2.24, 2.45) is 0 Å². The first-order valence-corrected chi connectivity index (χ1v) is 5.61. The standard InChI is InChI=1S/C12H10O3S/c1-15-11-5-3-2-4-8(11)9-6-16-7-10(9)12(13)14/h2-7H,1H3,(H,13,14). The van der Waals surface area contributed by atoms with Gasteiger partial charge in [-0.15, -0.1) is 0 Å². The molecule has 1 N–H and O–H groups in total. The van der Waals surface area contributed by atoms with E-state index in [1.54, 1.807) is 12.5 Å². The van der Waals surface area contributed by atoms with Gasteiger partial charge in [-0.05, 0) is 11.4 Å². The summed E-state index contributed by atoms with van der Waals surface area (Å²) in [6.45, 7) is 0. The summed E-state index contributed by atoms with van der Waals surface area (Å²) >= 11 is 1.37.